The SMILES string of the molecule is CN(c1cscn1)[C@@H](Cc1ccccc1)C(=O)Nc1n[nH]c(-c2ccncc2)n1. The number of aromatic nitrogens is 5. The van der Waals surface area contributed by atoms with Crippen LogP contribution in [0, 0.1) is 0 Å². The minimum Gasteiger partial charge on any atom is -0.347 e. The van der Waals surface area contributed by atoms with Crippen LogP contribution in [0.4, 0.5) is 11.8 Å². The van der Waals surface area contributed by atoms with Gasteiger partial charge >= 0.3 is 0 Å². The summed E-state index contributed by atoms with van der Waals surface area (Å²) in [6.45, 7) is 0. The van der Waals surface area contributed by atoms with Gasteiger partial charge in [0.1, 0.15) is 11.9 Å². The maximum atomic E-state index is 13.1. The number of benzene rings is 1. The highest BCUT2D eigenvalue weighted by Crippen LogP contribution is 2.19. The number of aromatic amines is 1. The largest absolute Gasteiger partial charge is 0.347 e. The summed E-state index contributed by atoms with van der Waals surface area (Å²) in [6.07, 6.45) is 3.88. The van der Waals surface area contributed by atoms with Crippen LogP contribution in [0.2, 0.25) is 0 Å². The van der Waals surface area contributed by atoms with Crippen LogP contribution in [0.5, 0.6) is 0 Å². The molecule has 0 saturated heterocycles. The summed E-state index contributed by atoms with van der Waals surface area (Å²) in [5.41, 5.74) is 3.65. The molecule has 1 aromatic carbocycles. The summed E-state index contributed by atoms with van der Waals surface area (Å²) in [7, 11) is 1.86. The zero-order valence-electron chi connectivity index (χ0n) is 15.7. The Morgan fingerprint density at radius 3 is 2.72 bits per heavy atom. The smallest absolute Gasteiger partial charge is 0.249 e. The number of H-pyrrole nitrogens is 1. The maximum absolute atomic E-state index is 13.1. The van der Waals surface area contributed by atoms with Gasteiger partial charge in [-0.2, -0.15) is 4.98 Å². The number of anilines is 2. The van der Waals surface area contributed by atoms with E-state index in [4.69, 9.17) is 0 Å². The van der Waals surface area contributed by atoms with Crippen LogP contribution >= 0.6 is 11.3 Å². The lowest BCUT2D eigenvalue weighted by atomic mass is 10.0. The van der Waals surface area contributed by atoms with Crippen LogP contribution in [0.3, 0.4) is 0 Å². The van der Waals surface area contributed by atoms with E-state index in [1.54, 1.807) is 17.9 Å². The second-order valence-corrected chi connectivity index (χ2v) is 7.11. The Bertz CT molecular complexity index is 1050. The highest BCUT2D eigenvalue weighted by molar-refractivity contribution is 7.07. The summed E-state index contributed by atoms with van der Waals surface area (Å²) >= 11 is 1.49. The molecule has 0 radical (unpaired) electrons. The van der Waals surface area contributed by atoms with Gasteiger partial charge in [0, 0.05) is 36.8 Å². The van der Waals surface area contributed by atoms with Crippen molar-refractivity contribution in [3.63, 3.8) is 0 Å². The van der Waals surface area contributed by atoms with E-state index in [0.29, 0.717) is 12.2 Å². The van der Waals surface area contributed by atoms with Crippen LogP contribution < -0.4 is 10.2 Å². The minimum atomic E-state index is -0.470. The molecule has 4 rings (SSSR count). The molecule has 9 heteroatoms. The molecule has 1 amide bonds. The summed E-state index contributed by atoms with van der Waals surface area (Å²) in [5.74, 6) is 1.34. The van der Waals surface area contributed by atoms with Crippen LogP contribution in [-0.4, -0.2) is 44.1 Å². The normalized spacial score (nSPS) is 11.8. The van der Waals surface area contributed by atoms with E-state index in [1.807, 2.05) is 59.8 Å². The van der Waals surface area contributed by atoms with Crippen LogP contribution in [0.25, 0.3) is 11.4 Å². The number of nitrogens with one attached hydrogen (secondary N) is 2. The van der Waals surface area contributed by atoms with Crippen LogP contribution in [-0.2, 0) is 11.2 Å². The molecular formula is C20H19N7OS. The van der Waals surface area contributed by atoms with Gasteiger partial charge in [-0.3, -0.25) is 20.2 Å². The lowest BCUT2D eigenvalue weighted by molar-refractivity contribution is -0.117. The Hall–Kier alpha value is -3.59. The Balaban J connectivity index is 1.54. The molecule has 0 aliphatic carbocycles. The number of likely N-dealkylation sites (N-methyl/N-ethyl adjacent to an activating group) is 1. The highest BCUT2D eigenvalue weighted by atomic mass is 32.1. The monoisotopic (exact) mass is 405 g/mol. The number of carbonyl (C=O) groups is 1. The number of pyridine rings is 1. The molecule has 0 saturated carbocycles. The number of nitrogens with zero attached hydrogens (tertiary/aromatic N) is 5. The van der Waals surface area contributed by atoms with Crippen molar-refractivity contribution in [1.82, 2.24) is 25.1 Å². The van der Waals surface area contributed by atoms with Crippen LogP contribution in [0.1, 0.15) is 5.56 Å². The molecule has 3 aromatic heterocycles. The van der Waals surface area contributed by atoms with Crippen molar-refractivity contribution in [2.75, 3.05) is 17.3 Å². The fourth-order valence-corrected chi connectivity index (χ4v) is 3.51. The maximum Gasteiger partial charge on any atom is 0.249 e. The van der Waals surface area contributed by atoms with Gasteiger partial charge in [0.05, 0.1) is 5.51 Å². The molecule has 146 valence electrons. The zero-order chi connectivity index (χ0) is 20.1. The Morgan fingerprint density at radius 2 is 2.00 bits per heavy atom. The fourth-order valence-electron chi connectivity index (χ4n) is 2.93. The molecule has 0 aliphatic rings. The fraction of sp³-hybridized carbons (Fsp3) is 0.150. The van der Waals surface area contributed by atoms with E-state index in [-0.39, 0.29) is 11.9 Å². The number of rotatable bonds is 7. The number of hydrogen-bond acceptors (Lipinski definition) is 7. The molecule has 4 aromatic rings. The van der Waals surface area contributed by atoms with Crippen molar-refractivity contribution in [1.29, 1.82) is 0 Å². The first kappa shape index (κ1) is 18.8. The van der Waals surface area contributed by atoms with E-state index in [1.165, 1.54) is 11.3 Å². The predicted molar refractivity (Wildman–Crippen MR) is 113 cm³/mol. The quantitative estimate of drug-likeness (QED) is 0.490. The third-order valence-corrected chi connectivity index (χ3v) is 5.07. The van der Waals surface area contributed by atoms with E-state index < -0.39 is 6.04 Å². The van der Waals surface area contributed by atoms with Crippen molar-refractivity contribution in [3.8, 4) is 11.4 Å². The summed E-state index contributed by atoms with van der Waals surface area (Å²) in [5, 5.41) is 11.7. The molecule has 0 bridgehead atoms. The van der Waals surface area contributed by atoms with E-state index >= 15 is 0 Å². The lowest BCUT2D eigenvalue weighted by Gasteiger charge is -2.27. The second kappa shape index (κ2) is 8.61. The predicted octanol–water partition coefficient (Wildman–Crippen LogP) is 3.01. The van der Waals surface area contributed by atoms with Crippen LogP contribution in [0.15, 0.2) is 65.7 Å². The molecule has 8 nitrogen and oxygen atoms in total. The molecular weight excluding hydrogens is 386 g/mol. The first-order valence-corrected chi connectivity index (χ1v) is 9.93. The molecule has 2 N–H and O–H groups in total. The highest BCUT2D eigenvalue weighted by Gasteiger charge is 2.26. The van der Waals surface area contributed by atoms with Gasteiger partial charge in [0.15, 0.2) is 5.82 Å². The summed E-state index contributed by atoms with van der Waals surface area (Å²) < 4.78 is 0. The van der Waals surface area contributed by atoms with Crippen molar-refractivity contribution < 1.29 is 4.79 Å². The third kappa shape index (κ3) is 4.46. The van der Waals surface area contributed by atoms with E-state index in [2.05, 4.69) is 30.5 Å². The summed E-state index contributed by atoms with van der Waals surface area (Å²) in [6, 6.07) is 13.1. The topological polar surface area (TPSA) is 99.7 Å². The minimum absolute atomic E-state index is 0.204. The van der Waals surface area contributed by atoms with Crippen molar-refractivity contribution >= 4 is 29.0 Å². The lowest BCUT2D eigenvalue weighted by Crippen LogP contribution is -2.44. The van der Waals surface area contributed by atoms with Gasteiger partial charge in [-0.15, -0.1) is 16.4 Å². The molecule has 3 heterocycles. The average molecular weight is 405 g/mol. The zero-order valence-corrected chi connectivity index (χ0v) is 16.5. The third-order valence-electron chi connectivity index (χ3n) is 4.50. The molecule has 0 spiro atoms. The Morgan fingerprint density at radius 1 is 1.21 bits per heavy atom. The first-order chi connectivity index (χ1) is 14.2. The number of hydrogen-bond donors (Lipinski definition) is 2. The second-order valence-electron chi connectivity index (χ2n) is 6.40. The Kier molecular flexibility index (Phi) is 5.57. The van der Waals surface area contributed by atoms with E-state index in [0.717, 1.165) is 16.9 Å². The number of amides is 1. The summed E-state index contributed by atoms with van der Waals surface area (Å²) in [4.78, 5) is 27.7. The van der Waals surface area contributed by atoms with Gasteiger partial charge in [-0.05, 0) is 17.7 Å². The molecule has 29 heavy (non-hydrogen) atoms. The van der Waals surface area contributed by atoms with Gasteiger partial charge in [0.25, 0.3) is 0 Å². The van der Waals surface area contributed by atoms with Crippen molar-refractivity contribution in [2.24, 2.45) is 0 Å². The van der Waals surface area contributed by atoms with Gasteiger partial charge in [-0.25, -0.2) is 4.98 Å². The first-order valence-electron chi connectivity index (χ1n) is 8.99. The van der Waals surface area contributed by atoms with Gasteiger partial charge in [0.2, 0.25) is 11.9 Å². The average Bonchev–Trinajstić information content (AvgIpc) is 3.45. The molecule has 0 unspecified atom stereocenters. The molecule has 1 atom stereocenters. The van der Waals surface area contributed by atoms with Crippen molar-refractivity contribution in [2.45, 2.75) is 12.5 Å². The van der Waals surface area contributed by atoms with Gasteiger partial charge < -0.3 is 4.90 Å². The molecule has 0 aliphatic heterocycles. The molecule has 0 fully saturated rings. The van der Waals surface area contributed by atoms with Gasteiger partial charge in [-0.1, -0.05) is 30.3 Å². The van der Waals surface area contributed by atoms with E-state index in [9.17, 15) is 4.79 Å². The Labute approximate surface area is 171 Å². The standard InChI is InChI=1S/C20H19N7OS/c1-27(17-12-29-13-22-17)16(11-14-5-3-2-4-6-14)19(28)24-20-23-18(25-26-20)15-7-9-21-10-8-15/h2-10,12-13,16H,11H2,1H3,(H2,23,24,25,26,28)/t16-/m0/s1. The number of carbonyl (C=O) groups excluding carboxylic acids is 1. The van der Waals surface area contributed by atoms with Crippen molar-refractivity contribution in [3.05, 3.63) is 71.3 Å². The number of thiazole rings is 1.